The van der Waals surface area contributed by atoms with Crippen LogP contribution in [0.5, 0.6) is 0 Å². The van der Waals surface area contributed by atoms with Crippen molar-refractivity contribution >= 4 is 45.9 Å². The number of esters is 1. The van der Waals surface area contributed by atoms with Gasteiger partial charge in [0.2, 0.25) is 11.9 Å². The highest BCUT2D eigenvalue weighted by Gasteiger charge is 2.30. The summed E-state index contributed by atoms with van der Waals surface area (Å²) in [5.74, 6) is 1.51. The Labute approximate surface area is 225 Å². The Morgan fingerprint density at radius 2 is 1.97 bits per heavy atom. The molecule has 2 aliphatic heterocycles. The number of hydrogen-bond donors (Lipinski definition) is 2. The minimum Gasteiger partial charge on any atom is -0.462 e. The van der Waals surface area contributed by atoms with Crippen LogP contribution >= 0.6 is 11.3 Å². The first-order valence-corrected chi connectivity index (χ1v) is 13.5. The molecule has 2 aliphatic rings. The van der Waals surface area contributed by atoms with Crippen LogP contribution in [0.25, 0.3) is 0 Å². The molecule has 4 heterocycles. The van der Waals surface area contributed by atoms with Crippen LogP contribution in [0.4, 0.5) is 22.7 Å². The van der Waals surface area contributed by atoms with Gasteiger partial charge in [0.1, 0.15) is 16.5 Å². The van der Waals surface area contributed by atoms with Crippen molar-refractivity contribution in [2.24, 2.45) is 0 Å². The second-order valence-corrected chi connectivity index (χ2v) is 10.00. The lowest BCUT2D eigenvalue weighted by Crippen LogP contribution is -2.48. The number of carbonyl (C=O) groups is 2. The Balaban J connectivity index is 1.36. The molecule has 3 aromatic rings. The topological polar surface area (TPSA) is 122 Å². The van der Waals surface area contributed by atoms with Crippen molar-refractivity contribution in [2.75, 3.05) is 61.1 Å². The fraction of sp³-hybridized carbons (Fsp3) is 0.423. The predicted octanol–water partition coefficient (Wildman–Crippen LogP) is 2.68. The minimum atomic E-state index is -0.396. The minimum absolute atomic E-state index is 0.0306. The molecule has 1 saturated heterocycles. The van der Waals surface area contributed by atoms with E-state index in [0.29, 0.717) is 61.1 Å². The summed E-state index contributed by atoms with van der Waals surface area (Å²) in [6.07, 6.45) is 0.783. The van der Waals surface area contributed by atoms with E-state index in [1.54, 1.807) is 13.8 Å². The maximum atomic E-state index is 12.3. The summed E-state index contributed by atoms with van der Waals surface area (Å²) in [6.45, 7) is 7.88. The third-order valence-electron chi connectivity index (χ3n) is 6.33. The second-order valence-electron chi connectivity index (χ2n) is 9.00. The zero-order valence-corrected chi connectivity index (χ0v) is 22.3. The van der Waals surface area contributed by atoms with Gasteiger partial charge in [-0.05, 0) is 25.8 Å². The number of rotatable bonds is 10. The van der Waals surface area contributed by atoms with Crippen LogP contribution in [0.1, 0.15) is 33.4 Å². The number of piperazine rings is 1. The molecule has 11 nitrogen and oxygen atoms in total. The number of nitrogens with zero attached hydrogens (tertiary/aromatic N) is 5. The number of carbonyl (C=O) groups excluding carboxylic acids is 2. The Morgan fingerprint density at radius 1 is 1.16 bits per heavy atom. The van der Waals surface area contributed by atoms with E-state index in [2.05, 4.69) is 20.5 Å². The quantitative estimate of drug-likeness (QED) is 0.295. The second kappa shape index (κ2) is 11.7. The molecule has 1 amide bonds. The number of hydrogen-bond acceptors (Lipinski definition) is 11. The van der Waals surface area contributed by atoms with Gasteiger partial charge in [-0.15, -0.1) is 0 Å². The average Bonchev–Trinajstić information content (AvgIpc) is 3.49. The van der Waals surface area contributed by atoms with E-state index in [1.807, 2.05) is 35.2 Å². The largest absolute Gasteiger partial charge is 0.462 e. The van der Waals surface area contributed by atoms with E-state index in [1.165, 1.54) is 11.3 Å². The van der Waals surface area contributed by atoms with Crippen molar-refractivity contribution in [3.63, 3.8) is 0 Å². The molecule has 0 spiro atoms. The van der Waals surface area contributed by atoms with Gasteiger partial charge in [-0.1, -0.05) is 41.7 Å². The lowest BCUT2D eigenvalue weighted by Gasteiger charge is -2.29. The van der Waals surface area contributed by atoms with Gasteiger partial charge in [-0.2, -0.15) is 9.97 Å². The third-order valence-corrected chi connectivity index (χ3v) is 7.38. The van der Waals surface area contributed by atoms with Gasteiger partial charge in [0.25, 0.3) is 0 Å². The molecule has 1 fully saturated rings. The Hall–Kier alpha value is -3.77. The highest BCUT2D eigenvalue weighted by atomic mass is 32.1. The fourth-order valence-electron chi connectivity index (χ4n) is 4.52. The normalized spacial score (nSPS) is 14.8. The van der Waals surface area contributed by atoms with Crippen molar-refractivity contribution in [3.8, 4) is 0 Å². The fourth-order valence-corrected chi connectivity index (χ4v) is 5.38. The Morgan fingerprint density at radius 3 is 2.76 bits per heavy atom. The smallest absolute Gasteiger partial charge is 0.350 e. The first-order valence-electron chi connectivity index (χ1n) is 12.7. The molecule has 2 N–H and O–H groups in total. The zero-order valence-electron chi connectivity index (χ0n) is 21.5. The number of anilines is 4. The van der Waals surface area contributed by atoms with Gasteiger partial charge in [-0.25, -0.2) is 9.78 Å². The molecule has 12 heteroatoms. The van der Waals surface area contributed by atoms with Crippen LogP contribution in [-0.4, -0.2) is 72.8 Å². The first-order chi connectivity index (χ1) is 18.5. The number of fused-ring (bicyclic) bond motifs is 1. The van der Waals surface area contributed by atoms with E-state index in [-0.39, 0.29) is 12.5 Å². The molecule has 0 aliphatic carbocycles. The van der Waals surface area contributed by atoms with E-state index in [4.69, 9.17) is 19.4 Å². The molecule has 0 atom stereocenters. The van der Waals surface area contributed by atoms with E-state index in [0.717, 1.165) is 35.7 Å². The van der Waals surface area contributed by atoms with E-state index < -0.39 is 5.97 Å². The monoisotopic (exact) mass is 537 g/mol. The average molecular weight is 538 g/mol. The van der Waals surface area contributed by atoms with E-state index in [9.17, 15) is 9.59 Å². The molecular weight excluding hydrogens is 506 g/mol. The van der Waals surface area contributed by atoms with Crippen molar-refractivity contribution in [1.82, 2.24) is 20.3 Å². The maximum absolute atomic E-state index is 12.3. The first kappa shape index (κ1) is 25.9. The molecule has 38 heavy (non-hydrogen) atoms. The maximum Gasteiger partial charge on any atom is 0.350 e. The molecule has 1 aromatic carbocycles. The summed E-state index contributed by atoms with van der Waals surface area (Å²) < 4.78 is 11.1. The number of benzene rings is 1. The molecule has 2 aromatic heterocycles. The van der Waals surface area contributed by atoms with Crippen LogP contribution < -0.4 is 20.4 Å². The van der Waals surface area contributed by atoms with Crippen molar-refractivity contribution in [2.45, 2.75) is 26.9 Å². The lowest BCUT2D eigenvalue weighted by molar-refractivity contribution is -0.120. The summed E-state index contributed by atoms with van der Waals surface area (Å²) >= 11 is 1.20. The van der Waals surface area contributed by atoms with Crippen molar-refractivity contribution in [1.29, 1.82) is 0 Å². The molecular formula is C26H31N7O4S. The van der Waals surface area contributed by atoms with Crippen molar-refractivity contribution < 1.29 is 19.1 Å². The van der Waals surface area contributed by atoms with Gasteiger partial charge < -0.3 is 24.6 Å². The molecule has 0 bridgehead atoms. The number of amides is 1. The van der Waals surface area contributed by atoms with Gasteiger partial charge in [-0.3, -0.25) is 10.1 Å². The summed E-state index contributed by atoms with van der Waals surface area (Å²) in [5.41, 5.74) is 2.74. The highest BCUT2D eigenvalue weighted by molar-refractivity contribution is 7.17. The number of aromatic nitrogens is 3. The molecule has 5 rings (SSSR count). The molecule has 0 unspecified atom stereocenters. The molecule has 200 valence electrons. The summed E-state index contributed by atoms with van der Waals surface area (Å²) in [4.78, 5) is 43.2. The number of nitrogens with one attached hydrogen (secondary N) is 2. The SMILES string of the molecule is CCOC(=O)c1sc(Nc2nc3c(c(N4CCNC(=O)C4)n2)CCN3CCOCc2ccccc2)nc1C. The Bertz CT molecular complexity index is 1300. The summed E-state index contributed by atoms with van der Waals surface area (Å²) in [7, 11) is 0. The number of aryl methyl sites for hydroxylation is 1. The van der Waals surface area contributed by atoms with Gasteiger partial charge in [0.05, 0.1) is 32.1 Å². The van der Waals surface area contributed by atoms with Crippen LogP contribution in [0.2, 0.25) is 0 Å². The molecule has 0 radical (unpaired) electrons. The highest BCUT2D eigenvalue weighted by Crippen LogP contribution is 2.35. The predicted molar refractivity (Wildman–Crippen MR) is 145 cm³/mol. The van der Waals surface area contributed by atoms with Gasteiger partial charge >= 0.3 is 5.97 Å². The third kappa shape index (κ3) is 5.86. The standard InChI is InChI=1S/C26H31N7O4S/c1-3-37-24(35)21-17(2)28-26(38-21)31-25-29-22-19(23(30-25)33-12-10-27-20(34)15-33)9-11-32(22)13-14-36-16-18-7-5-4-6-8-18/h4-8H,3,9-16H2,1-2H3,(H,27,34)(H,28,29,30,31). The van der Waals surface area contributed by atoms with Gasteiger partial charge in [0, 0.05) is 31.7 Å². The van der Waals surface area contributed by atoms with Crippen LogP contribution in [0.3, 0.4) is 0 Å². The number of thiazole rings is 1. The van der Waals surface area contributed by atoms with Crippen molar-refractivity contribution in [3.05, 3.63) is 52.0 Å². The number of ether oxygens (including phenoxy) is 2. The summed E-state index contributed by atoms with van der Waals surface area (Å²) in [5, 5.41) is 6.56. The van der Waals surface area contributed by atoms with Crippen LogP contribution in [0, 0.1) is 6.92 Å². The zero-order chi connectivity index (χ0) is 26.5. The lowest BCUT2D eigenvalue weighted by atomic mass is 10.2. The molecule has 0 saturated carbocycles. The summed E-state index contributed by atoms with van der Waals surface area (Å²) in [6, 6.07) is 10.1. The van der Waals surface area contributed by atoms with Gasteiger partial charge in [0.15, 0.2) is 5.13 Å². The van der Waals surface area contributed by atoms with Crippen LogP contribution in [-0.2, 0) is 27.3 Å². The van der Waals surface area contributed by atoms with Crippen LogP contribution in [0.15, 0.2) is 30.3 Å². The van der Waals surface area contributed by atoms with E-state index >= 15 is 0 Å². The Kier molecular flexibility index (Phi) is 7.99.